The summed E-state index contributed by atoms with van der Waals surface area (Å²) >= 11 is 0. The van der Waals surface area contributed by atoms with E-state index in [0.717, 1.165) is 49.8 Å². The van der Waals surface area contributed by atoms with E-state index in [1.807, 2.05) is 12.3 Å². The zero-order valence-electron chi connectivity index (χ0n) is 18.8. The number of benzene rings is 3. The SMILES string of the molecule is C1=c2c(n(-c3cccc(-n4c5ccccc5c5ccccc54)n3)c3ncc4ccccc4c23)=NC1. The van der Waals surface area contributed by atoms with Gasteiger partial charge in [-0.3, -0.25) is 14.1 Å². The summed E-state index contributed by atoms with van der Waals surface area (Å²) in [6.45, 7) is 0.677. The molecule has 5 heterocycles. The molecule has 0 saturated carbocycles. The van der Waals surface area contributed by atoms with Gasteiger partial charge in [-0.1, -0.05) is 72.8 Å². The van der Waals surface area contributed by atoms with Gasteiger partial charge >= 0.3 is 0 Å². The van der Waals surface area contributed by atoms with Crippen LogP contribution in [-0.2, 0) is 0 Å². The van der Waals surface area contributed by atoms with Gasteiger partial charge in [-0.2, -0.15) is 0 Å². The monoisotopic (exact) mass is 449 g/mol. The van der Waals surface area contributed by atoms with E-state index in [2.05, 4.69) is 100 Å². The van der Waals surface area contributed by atoms with Crippen molar-refractivity contribution >= 4 is 49.7 Å². The Bertz CT molecular complexity index is 2040. The van der Waals surface area contributed by atoms with Gasteiger partial charge in [-0.15, -0.1) is 0 Å². The maximum Gasteiger partial charge on any atom is 0.148 e. The summed E-state index contributed by atoms with van der Waals surface area (Å²) in [5, 5.41) is 7.06. The number of hydrogen-bond donors (Lipinski definition) is 0. The Balaban J connectivity index is 1.45. The van der Waals surface area contributed by atoms with Gasteiger partial charge in [0.25, 0.3) is 0 Å². The Kier molecular flexibility index (Phi) is 3.66. The maximum atomic E-state index is 5.18. The van der Waals surface area contributed by atoms with Crippen LogP contribution in [0.3, 0.4) is 0 Å². The molecule has 5 nitrogen and oxygen atoms in total. The second kappa shape index (κ2) is 6.87. The van der Waals surface area contributed by atoms with Crippen LogP contribution in [0.15, 0.2) is 102 Å². The summed E-state index contributed by atoms with van der Waals surface area (Å²) in [6, 6.07) is 31.6. The second-order valence-electron chi connectivity index (χ2n) is 8.89. The number of para-hydroxylation sites is 2. The molecule has 0 spiro atoms. The lowest BCUT2D eigenvalue weighted by molar-refractivity contribution is 0.923. The van der Waals surface area contributed by atoms with Gasteiger partial charge in [0.15, 0.2) is 0 Å². The first-order valence-corrected chi connectivity index (χ1v) is 11.8. The van der Waals surface area contributed by atoms with Crippen molar-refractivity contribution in [3.05, 3.63) is 108 Å². The van der Waals surface area contributed by atoms with E-state index in [9.17, 15) is 0 Å². The zero-order chi connectivity index (χ0) is 22.9. The van der Waals surface area contributed by atoms with Gasteiger partial charge < -0.3 is 0 Å². The van der Waals surface area contributed by atoms with Crippen LogP contribution < -0.4 is 10.7 Å². The van der Waals surface area contributed by atoms with Crippen LogP contribution in [0.4, 0.5) is 0 Å². The highest BCUT2D eigenvalue weighted by molar-refractivity contribution is 6.09. The summed E-state index contributed by atoms with van der Waals surface area (Å²) in [5.41, 5.74) is 4.10. The molecule has 1 aliphatic heterocycles. The minimum Gasteiger partial charge on any atom is -0.294 e. The molecule has 0 N–H and O–H groups in total. The lowest BCUT2D eigenvalue weighted by Crippen LogP contribution is -2.26. The third-order valence-electron chi connectivity index (χ3n) is 7.01. The summed E-state index contributed by atoms with van der Waals surface area (Å²) in [5.74, 6) is 1.69. The molecule has 8 rings (SSSR count). The van der Waals surface area contributed by atoms with E-state index in [0.29, 0.717) is 6.54 Å². The van der Waals surface area contributed by atoms with E-state index in [4.69, 9.17) is 15.0 Å². The predicted octanol–water partition coefficient (Wildman–Crippen LogP) is 5.08. The minimum atomic E-state index is 0.677. The number of fused-ring (bicyclic) bond motifs is 8. The molecule has 35 heavy (non-hydrogen) atoms. The van der Waals surface area contributed by atoms with Crippen LogP contribution in [0.25, 0.3) is 61.3 Å². The fourth-order valence-corrected chi connectivity index (χ4v) is 5.54. The van der Waals surface area contributed by atoms with E-state index < -0.39 is 0 Å². The van der Waals surface area contributed by atoms with Crippen LogP contribution in [0.2, 0.25) is 0 Å². The van der Waals surface area contributed by atoms with Gasteiger partial charge in [0, 0.05) is 33.0 Å². The number of hydrogen-bond acceptors (Lipinski definition) is 3. The largest absolute Gasteiger partial charge is 0.294 e. The molecule has 1 aliphatic rings. The average molecular weight is 450 g/mol. The molecule has 3 aromatic carbocycles. The van der Waals surface area contributed by atoms with Crippen molar-refractivity contribution in [3.63, 3.8) is 0 Å². The first kappa shape index (κ1) is 18.6. The Morgan fingerprint density at radius 3 is 2.06 bits per heavy atom. The molecule has 0 amide bonds. The van der Waals surface area contributed by atoms with Crippen molar-refractivity contribution in [2.75, 3.05) is 6.54 Å². The van der Waals surface area contributed by atoms with Crippen molar-refractivity contribution in [1.82, 2.24) is 19.1 Å². The molecule has 5 heteroatoms. The third kappa shape index (κ3) is 2.49. The Morgan fingerprint density at radius 2 is 1.29 bits per heavy atom. The maximum absolute atomic E-state index is 5.18. The molecule has 4 aromatic heterocycles. The van der Waals surface area contributed by atoms with Crippen LogP contribution in [0.5, 0.6) is 0 Å². The Labute approximate surface area is 199 Å². The quantitative estimate of drug-likeness (QED) is 0.369. The number of nitrogens with zero attached hydrogens (tertiary/aromatic N) is 5. The normalized spacial score (nSPS) is 12.9. The first-order chi connectivity index (χ1) is 17.4. The number of rotatable bonds is 2. The van der Waals surface area contributed by atoms with Gasteiger partial charge in [-0.25, -0.2) is 9.97 Å². The van der Waals surface area contributed by atoms with Crippen molar-refractivity contribution in [2.45, 2.75) is 0 Å². The lowest BCUT2D eigenvalue weighted by atomic mass is 10.1. The molecule has 0 unspecified atom stereocenters. The van der Waals surface area contributed by atoms with Gasteiger partial charge in [0.1, 0.15) is 22.8 Å². The molecular weight excluding hydrogens is 430 g/mol. The molecule has 0 radical (unpaired) electrons. The van der Waals surface area contributed by atoms with Gasteiger partial charge in [0.05, 0.1) is 17.6 Å². The lowest BCUT2D eigenvalue weighted by Gasteiger charge is -2.10. The Hall–Kier alpha value is -4.77. The highest BCUT2D eigenvalue weighted by atomic mass is 15.2. The molecule has 7 aromatic rings. The highest BCUT2D eigenvalue weighted by Crippen LogP contribution is 2.31. The number of pyridine rings is 2. The highest BCUT2D eigenvalue weighted by Gasteiger charge is 2.18. The average Bonchev–Trinajstić information content (AvgIpc) is 3.59. The van der Waals surface area contributed by atoms with Gasteiger partial charge in [-0.05, 0) is 29.7 Å². The van der Waals surface area contributed by atoms with E-state index >= 15 is 0 Å². The van der Waals surface area contributed by atoms with Crippen LogP contribution in [0.1, 0.15) is 0 Å². The van der Waals surface area contributed by atoms with Crippen LogP contribution in [0, 0.1) is 0 Å². The fraction of sp³-hybridized carbons (Fsp3) is 0.0333. The summed E-state index contributed by atoms with van der Waals surface area (Å²) in [6.07, 6.45) is 4.14. The van der Waals surface area contributed by atoms with Crippen LogP contribution >= 0.6 is 0 Å². The van der Waals surface area contributed by atoms with Crippen molar-refractivity contribution in [1.29, 1.82) is 0 Å². The van der Waals surface area contributed by atoms with E-state index in [-0.39, 0.29) is 0 Å². The molecule has 0 fully saturated rings. The summed E-state index contributed by atoms with van der Waals surface area (Å²) in [4.78, 5) is 14.9. The standard InChI is InChI=1S/C30H19N5/c1-2-9-20-19(8-1)18-32-30-28(20)23-16-17-31-29(23)35(30)27-15-7-14-26(33-27)34-24-12-5-3-10-21(24)22-11-4-6-13-25(22)34/h1-16,18H,17H2. The van der Waals surface area contributed by atoms with Crippen molar-refractivity contribution in [3.8, 4) is 11.6 Å². The summed E-state index contributed by atoms with van der Waals surface area (Å²) < 4.78 is 4.35. The molecule has 0 aliphatic carbocycles. The molecule has 164 valence electrons. The van der Waals surface area contributed by atoms with Crippen molar-refractivity contribution in [2.24, 2.45) is 4.99 Å². The second-order valence-corrected chi connectivity index (χ2v) is 8.89. The minimum absolute atomic E-state index is 0.677. The van der Waals surface area contributed by atoms with E-state index in [1.165, 1.54) is 16.2 Å². The first-order valence-electron chi connectivity index (χ1n) is 11.8. The predicted molar refractivity (Wildman–Crippen MR) is 141 cm³/mol. The smallest absolute Gasteiger partial charge is 0.148 e. The molecule has 0 saturated heterocycles. The molecule has 0 bridgehead atoms. The van der Waals surface area contributed by atoms with Gasteiger partial charge in [0.2, 0.25) is 0 Å². The summed E-state index contributed by atoms with van der Waals surface area (Å²) in [7, 11) is 0. The molecule has 0 atom stereocenters. The Morgan fingerprint density at radius 1 is 0.629 bits per heavy atom. The fourth-order valence-electron chi connectivity index (χ4n) is 5.54. The number of aromatic nitrogens is 4. The van der Waals surface area contributed by atoms with Crippen molar-refractivity contribution < 1.29 is 0 Å². The van der Waals surface area contributed by atoms with E-state index in [1.54, 1.807) is 0 Å². The molecular formula is C30H19N5. The zero-order valence-corrected chi connectivity index (χ0v) is 18.8. The topological polar surface area (TPSA) is 48.0 Å². The third-order valence-corrected chi connectivity index (χ3v) is 7.01. The van der Waals surface area contributed by atoms with Crippen LogP contribution in [-0.4, -0.2) is 25.6 Å².